The minimum absolute atomic E-state index is 0.0613. The van der Waals surface area contributed by atoms with Gasteiger partial charge in [-0.25, -0.2) is 9.78 Å². The molecular weight excluding hydrogens is 505 g/mol. The second-order valence-electron chi connectivity index (χ2n) is 9.04. The average Bonchev–Trinajstić information content (AvgIpc) is 3.54. The lowest BCUT2D eigenvalue weighted by Crippen LogP contribution is -2.53. The molecule has 3 aromatic rings. The lowest BCUT2D eigenvalue weighted by molar-refractivity contribution is -0.192. The SMILES string of the molecule is COCCN1c2cccnc2-n2cccc2C12CCN(C(=O)c1cccc(C)c1O)C2.O=C(O)C(F)(F)F. The number of carbonyl (C=O) groups excluding carboxylic acids is 1. The standard InChI is InChI=1S/C24H26N4O3.C2HF3O2/c1-17-6-3-7-18(21(17)29)23(30)26-13-10-24(16-26)20-9-5-12-27(20)22-19(8-4-11-25-22)28(24)14-15-31-2;3-2(4,5)1(6)7/h3-9,11-12,29H,10,13-16H2,1-2H3;(H,6,7). The highest BCUT2D eigenvalue weighted by Gasteiger charge is 2.51. The van der Waals surface area contributed by atoms with Crippen LogP contribution >= 0.6 is 0 Å². The van der Waals surface area contributed by atoms with E-state index < -0.39 is 12.1 Å². The van der Waals surface area contributed by atoms with Crippen molar-refractivity contribution in [3.63, 3.8) is 0 Å². The van der Waals surface area contributed by atoms with Crippen molar-refractivity contribution in [3.8, 4) is 11.6 Å². The topological polar surface area (TPSA) is 108 Å². The van der Waals surface area contributed by atoms with Crippen LogP contribution in [0.2, 0.25) is 0 Å². The van der Waals surface area contributed by atoms with E-state index in [9.17, 15) is 23.1 Å². The fourth-order valence-electron chi connectivity index (χ4n) is 5.01. The van der Waals surface area contributed by atoms with Crippen molar-refractivity contribution in [1.29, 1.82) is 0 Å². The Morgan fingerprint density at radius 1 is 1.16 bits per heavy atom. The number of hydrogen-bond acceptors (Lipinski definition) is 6. The smallest absolute Gasteiger partial charge is 0.490 e. The Morgan fingerprint density at radius 2 is 1.89 bits per heavy atom. The molecule has 38 heavy (non-hydrogen) atoms. The number of fused-ring (bicyclic) bond motifs is 4. The third kappa shape index (κ3) is 4.78. The molecule has 1 atom stereocenters. The number of likely N-dealkylation sites (tertiary alicyclic amines) is 1. The van der Waals surface area contributed by atoms with Crippen molar-refractivity contribution in [2.75, 3.05) is 38.3 Å². The maximum Gasteiger partial charge on any atom is 0.490 e. The summed E-state index contributed by atoms with van der Waals surface area (Å²) in [4.78, 5) is 31.1. The average molecular weight is 533 g/mol. The van der Waals surface area contributed by atoms with Crippen LogP contribution < -0.4 is 4.90 Å². The molecule has 5 rings (SSSR count). The first kappa shape index (κ1) is 27.0. The van der Waals surface area contributed by atoms with Gasteiger partial charge in [-0.2, -0.15) is 13.2 Å². The summed E-state index contributed by atoms with van der Waals surface area (Å²) < 4.78 is 39.3. The Labute approximate surface area is 216 Å². The summed E-state index contributed by atoms with van der Waals surface area (Å²) in [7, 11) is 1.70. The van der Waals surface area contributed by atoms with E-state index in [2.05, 4.69) is 26.6 Å². The second-order valence-corrected chi connectivity index (χ2v) is 9.04. The number of aromatic nitrogens is 2. The van der Waals surface area contributed by atoms with E-state index in [0.717, 1.165) is 23.6 Å². The van der Waals surface area contributed by atoms with Gasteiger partial charge in [0.25, 0.3) is 5.91 Å². The highest BCUT2D eigenvalue weighted by molar-refractivity contribution is 5.97. The van der Waals surface area contributed by atoms with Gasteiger partial charge in [0.1, 0.15) is 11.3 Å². The zero-order valence-corrected chi connectivity index (χ0v) is 20.8. The third-order valence-electron chi connectivity index (χ3n) is 6.79. The number of alkyl halides is 3. The largest absolute Gasteiger partial charge is 0.507 e. The molecule has 202 valence electrons. The number of methoxy groups -OCH3 is 1. The maximum atomic E-state index is 13.4. The number of rotatable bonds is 4. The molecule has 2 N–H and O–H groups in total. The number of aromatic hydroxyl groups is 1. The highest BCUT2D eigenvalue weighted by Crippen LogP contribution is 2.47. The summed E-state index contributed by atoms with van der Waals surface area (Å²) in [5.41, 5.74) is 2.84. The number of para-hydroxylation sites is 1. The van der Waals surface area contributed by atoms with Crippen LogP contribution in [-0.4, -0.2) is 76.1 Å². The van der Waals surface area contributed by atoms with Gasteiger partial charge in [-0.3, -0.25) is 4.79 Å². The van der Waals surface area contributed by atoms with Crippen LogP contribution in [0.3, 0.4) is 0 Å². The molecule has 1 amide bonds. The van der Waals surface area contributed by atoms with E-state index in [1.807, 2.05) is 42.3 Å². The molecule has 0 aliphatic carbocycles. The van der Waals surface area contributed by atoms with Crippen LogP contribution in [0.5, 0.6) is 5.75 Å². The van der Waals surface area contributed by atoms with Crippen molar-refractivity contribution in [3.05, 3.63) is 71.7 Å². The van der Waals surface area contributed by atoms with Gasteiger partial charge in [0.05, 0.1) is 23.6 Å². The number of ether oxygens (including phenoxy) is 1. The van der Waals surface area contributed by atoms with E-state index in [0.29, 0.717) is 37.4 Å². The van der Waals surface area contributed by atoms with Gasteiger partial charge in [-0.05, 0) is 49.2 Å². The summed E-state index contributed by atoms with van der Waals surface area (Å²) in [6, 6.07) is 13.5. The normalized spacial score (nSPS) is 18.0. The van der Waals surface area contributed by atoms with Crippen LogP contribution in [0.4, 0.5) is 18.9 Å². The minimum Gasteiger partial charge on any atom is -0.507 e. The number of phenols is 1. The molecule has 0 radical (unpaired) electrons. The number of aryl methyl sites for hydroxylation is 1. The third-order valence-corrected chi connectivity index (χ3v) is 6.79. The van der Waals surface area contributed by atoms with Gasteiger partial charge >= 0.3 is 12.1 Å². The first-order valence-corrected chi connectivity index (χ1v) is 11.8. The number of carboxylic acid groups (broad SMARTS) is 1. The number of carboxylic acids is 1. The molecule has 0 saturated carbocycles. The molecule has 1 saturated heterocycles. The Hall–Kier alpha value is -4.06. The molecule has 1 aromatic carbocycles. The molecule has 0 bridgehead atoms. The van der Waals surface area contributed by atoms with Gasteiger partial charge in [-0.1, -0.05) is 12.1 Å². The predicted octanol–water partition coefficient (Wildman–Crippen LogP) is 3.73. The molecule has 1 unspecified atom stereocenters. The summed E-state index contributed by atoms with van der Waals surface area (Å²) in [6.45, 7) is 4.21. The molecule has 9 nitrogen and oxygen atoms in total. The number of pyridine rings is 1. The van der Waals surface area contributed by atoms with E-state index in [1.165, 1.54) is 0 Å². The fourth-order valence-corrected chi connectivity index (χ4v) is 5.01. The molecule has 2 aliphatic heterocycles. The summed E-state index contributed by atoms with van der Waals surface area (Å²) in [5, 5.41) is 17.6. The van der Waals surface area contributed by atoms with Gasteiger partial charge < -0.3 is 29.3 Å². The van der Waals surface area contributed by atoms with E-state index in [-0.39, 0.29) is 17.2 Å². The van der Waals surface area contributed by atoms with Crippen molar-refractivity contribution in [2.45, 2.75) is 25.1 Å². The molecule has 2 aromatic heterocycles. The van der Waals surface area contributed by atoms with Gasteiger partial charge in [0.2, 0.25) is 0 Å². The molecular formula is C26H27F3N4O5. The predicted molar refractivity (Wildman–Crippen MR) is 132 cm³/mol. The van der Waals surface area contributed by atoms with Crippen LogP contribution in [-0.2, 0) is 15.1 Å². The zero-order chi connectivity index (χ0) is 27.7. The molecule has 1 fully saturated rings. The van der Waals surface area contributed by atoms with Crippen LogP contribution in [0.1, 0.15) is 28.0 Å². The number of anilines is 1. The van der Waals surface area contributed by atoms with Crippen molar-refractivity contribution in [2.24, 2.45) is 0 Å². The summed E-state index contributed by atoms with van der Waals surface area (Å²) in [6.07, 6.45) is -0.457. The number of benzene rings is 1. The van der Waals surface area contributed by atoms with Crippen molar-refractivity contribution in [1.82, 2.24) is 14.5 Å². The van der Waals surface area contributed by atoms with Crippen LogP contribution in [0.15, 0.2) is 54.9 Å². The first-order valence-electron chi connectivity index (χ1n) is 11.8. The van der Waals surface area contributed by atoms with E-state index in [1.54, 1.807) is 19.4 Å². The first-order chi connectivity index (χ1) is 18.0. The number of carbonyl (C=O) groups is 2. The van der Waals surface area contributed by atoms with Crippen molar-refractivity contribution < 1.29 is 37.7 Å². The zero-order valence-electron chi connectivity index (χ0n) is 20.8. The molecule has 1 spiro atoms. The summed E-state index contributed by atoms with van der Waals surface area (Å²) in [5.74, 6) is -1.94. The maximum absolute atomic E-state index is 13.4. The molecule has 4 heterocycles. The highest BCUT2D eigenvalue weighted by atomic mass is 19.4. The Balaban J connectivity index is 0.000000426. The minimum atomic E-state index is -5.08. The number of amides is 1. The molecule has 12 heteroatoms. The van der Waals surface area contributed by atoms with Gasteiger partial charge in [-0.15, -0.1) is 0 Å². The number of hydrogen-bond donors (Lipinski definition) is 2. The number of phenolic OH excluding ortho intramolecular Hbond substituents is 1. The number of aliphatic carboxylic acids is 1. The van der Waals surface area contributed by atoms with E-state index >= 15 is 0 Å². The Kier molecular flexibility index (Phi) is 7.36. The Morgan fingerprint density at radius 3 is 2.58 bits per heavy atom. The van der Waals surface area contributed by atoms with Gasteiger partial charge in [0, 0.05) is 39.1 Å². The fraction of sp³-hybridized carbons (Fsp3) is 0.346. The van der Waals surface area contributed by atoms with Gasteiger partial charge in [0.15, 0.2) is 5.82 Å². The number of nitrogens with zero attached hydrogens (tertiary/aromatic N) is 4. The second kappa shape index (κ2) is 10.4. The lowest BCUT2D eigenvalue weighted by atomic mass is 9.89. The van der Waals surface area contributed by atoms with E-state index in [4.69, 9.17) is 14.6 Å². The monoisotopic (exact) mass is 532 g/mol. The summed E-state index contributed by atoms with van der Waals surface area (Å²) >= 11 is 0. The molecule has 2 aliphatic rings. The van der Waals surface area contributed by atoms with Crippen molar-refractivity contribution >= 4 is 17.6 Å². The lowest BCUT2D eigenvalue weighted by Gasteiger charge is -2.47. The number of halogens is 3. The van der Waals surface area contributed by atoms with Crippen LogP contribution in [0.25, 0.3) is 5.82 Å². The Bertz CT molecular complexity index is 1340. The van der Waals surface area contributed by atoms with Crippen LogP contribution in [0, 0.1) is 6.92 Å². The quantitative estimate of drug-likeness (QED) is 0.527.